The second-order valence-electron chi connectivity index (χ2n) is 5.43. The van der Waals surface area contributed by atoms with Crippen molar-refractivity contribution in [2.24, 2.45) is 0 Å². The van der Waals surface area contributed by atoms with E-state index in [4.69, 9.17) is 11.6 Å². The molecular weight excluding hydrogens is 424 g/mol. The molecule has 1 aromatic heterocycles. The minimum atomic E-state index is -5.20. The van der Waals surface area contributed by atoms with Crippen molar-refractivity contribution in [3.63, 3.8) is 0 Å². The van der Waals surface area contributed by atoms with Crippen LogP contribution in [-0.4, -0.2) is 19.6 Å². The van der Waals surface area contributed by atoms with E-state index in [0.29, 0.717) is 23.0 Å². The third kappa shape index (κ3) is 3.94. The molecule has 1 atom stereocenters. The van der Waals surface area contributed by atoms with Gasteiger partial charge in [0, 0.05) is 6.07 Å². The van der Waals surface area contributed by atoms with Gasteiger partial charge in [0.15, 0.2) is 11.3 Å². The molecule has 0 aliphatic carbocycles. The highest BCUT2D eigenvalue weighted by molar-refractivity contribution is 6.32. The van der Waals surface area contributed by atoms with Crippen LogP contribution in [-0.2, 0) is 12.4 Å². The van der Waals surface area contributed by atoms with Crippen LogP contribution in [0.1, 0.15) is 29.8 Å². The predicted molar refractivity (Wildman–Crippen MR) is 82.1 cm³/mol. The van der Waals surface area contributed by atoms with Crippen molar-refractivity contribution < 1.29 is 36.4 Å². The number of halogens is 7. The van der Waals surface area contributed by atoms with E-state index >= 15 is 0 Å². The summed E-state index contributed by atoms with van der Waals surface area (Å²) in [5.41, 5.74) is -8.31. The molecule has 1 N–H and O–H groups in total. The SMILES string of the molecule is CC(O)c1c(C(F)(F)F)ncn(-c2cc(Cl)c(C(F)(F)F)c([N+](=O)[O-])c2)c1=O. The van der Waals surface area contributed by atoms with Gasteiger partial charge in [0.25, 0.3) is 11.2 Å². The summed E-state index contributed by atoms with van der Waals surface area (Å²) in [6.07, 6.45) is -11.9. The Labute approximate surface area is 156 Å². The molecule has 2 rings (SSSR count). The first-order valence-corrected chi connectivity index (χ1v) is 7.46. The molecule has 0 saturated heterocycles. The van der Waals surface area contributed by atoms with Gasteiger partial charge >= 0.3 is 12.4 Å². The second-order valence-corrected chi connectivity index (χ2v) is 5.84. The number of hydrogen-bond donors (Lipinski definition) is 1. The van der Waals surface area contributed by atoms with E-state index in [-0.39, 0.29) is 0 Å². The maximum Gasteiger partial charge on any atom is 0.433 e. The Morgan fingerprint density at radius 1 is 1.21 bits per heavy atom. The van der Waals surface area contributed by atoms with Gasteiger partial charge < -0.3 is 5.11 Å². The second kappa shape index (κ2) is 7.05. The number of hydrogen-bond acceptors (Lipinski definition) is 5. The summed E-state index contributed by atoms with van der Waals surface area (Å²) in [7, 11) is 0. The van der Waals surface area contributed by atoms with E-state index in [1.54, 1.807) is 0 Å². The van der Waals surface area contributed by atoms with Crippen molar-refractivity contribution in [3.8, 4) is 5.69 Å². The average Bonchev–Trinajstić information content (AvgIpc) is 2.50. The minimum absolute atomic E-state index is 0.316. The zero-order valence-electron chi connectivity index (χ0n) is 13.5. The maximum absolute atomic E-state index is 13.0. The van der Waals surface area contributed by atoms with Gasteiger partial charge in [0.05, 0.1) is 27.3 Å². The first kappa shape index (κ1) is 21.6. The number of nitro groups is 1. The van der Waals surface area contributed by atoms with Gasteiger partial charge in [-0.1, -0.05) is 11.6 Å². The molecule has 0 aliphatic heterocycles. The molecule has 0 bridgehead atoms. The Kier molecular flexibility index (Phi) is 5.45. The fraction of sp³-hybridized carbons (Fsp3) is 0.286. The third-order valence-electron chi connectivity index (χ3n) is 3.51. The Bertz CT molecular complexity index is 1000. The number of aromatic nitrogens is 2. The van der Waals surface area contributed by atoms with Crippen LogP contribution in [0, 0.1) is 10.1 Å². The van der Waals surface area contributed by atoms with Gasteiger partial charge in [-0.05, 0) is 13.0 Å². The fourth-order valence-electron chi connectivity index (χ4n) is 2.40. The Hall–Kier alpha value is -2.67. The Morgan fingerprint density at radius 2 is 1.79 bits per heavy atom. The molecule has 7 nitrogen and oxygen atoms in total. The predicted octanol–water partition coefficient (Wildman–Crippen LogP) is 3.89. The summed E-state index contributed by atoms with van der Waals surface area (Å²) in [5.74, 6) is 0. The molecule has 1 aromatic carbocycles. The standard InChI is InChI=1S/C14H8ClF6N3O4/c1-5(25)9-11(14(19,20)21)22-4-23(12(9)26)6-2-7(15)10(13(16,17)18)8(3-6)24(27)28/h2-5,25H,1H3. The number of aliphatic hydroxyl groups excluding tert-OH is 1. The highest BCUT2D eigenvalue weighted by atomic mass is 35.5. The van der Waals surface area contributed by atoms with Crippen molar-refractivity contribution >= 4 is 17.3 Å². The molecular formula is C14H8ClF6N3O4. The molecule has 1 unspecified atom stereocenters. The van der Waals surface area contributed by atoms with Gasteiger partial charge in [-0.2, -0.15) is 26.3 Å². The highest BCUT2D eigenvalue weighted by Gasteiger charge is 2.42. The summed E-state index contributed by atoms with van der Waals surface area (Å²) >= 11 is 5.48. The first-order valence-electron chi connectivity index (χ1n) is 7.08. The van der Waals surface area contributed by atoms with Gasteiger partial charge in [-0.15, -0.1) is 0 Å². The van der Waals surface area contributed by atoms with Crippen molar-refractivity contribution in [1.82, 2.24) is 9.55 Å². The molecule has 0 radical (unpaired) electrons. The normalized spacial score (nSPS) is 13.5. The van der Waals surface area contributed by atoms with Crippen LogP contribution in [0.4, 0.5) is 32.0 Å². The zero-order chi connectivity index (χ0) is 21.6. The van der Waals surface area contributed by atoms with Crippen LogP contribution >= 0.6 is 11.6 Å². The lowest BCUT2D eigenvalue weighted by molar-refractivity contribution is -0.388. The van der Waals surface area contributed by atoms with E-state index in [9.17, 15) is 46.4 Å². The highest BCUT2D eigenvalue weighted by Crippen LogP contribution is 2.42. The lowest BCUT2D eigenvalue weighted by Gasteiger charge is -2.16. The molecule has 1 heterocycles. The Balaban J connectivity index is 2.85. The van der Waals surface area contributed by atoms with Gasteiger partial charge in [-0.3, -0.25) is 19.5 Å². The van der Waals surface area contributed by atoms with Crippen molar-refractivity contribution in [1.29, 1.82) is 0 Å². The number of nitrogens with zero attached hydrogens (tertiary/aromatic N) is 3. The van der Waals surface area contributed by atoms with Crippen LogP contribution in [0.15, 0.2) is 23.3 Å². The third-order valence-corrected chi connectivity index (χ3v) is 3.80. The topological polar surface area (TPSA) is 98.3 Å². The maximum atomic E-state index is 13.0. The summed E-state index contributed by atoms with van der Waals surface area (Å²) in [4.78, 5) is 25.0. The molecule has 28 heavy (non-hydrogen) atoms. The average molecular weight is 432 g/mol. The Morgan fingerprint density at radius 3 is 2.21 bits per heavy atom. The van der Waals surface area contributed by atoms with Crippen LogP contribution in [0.5, 0.6) is 0 Å². The molecule has 152 valence electrons. The monoisotopic (exact) mass is 431 g/mol. The smallest absolute Gasteiger partial charge is 0.388 e. The van der Waals surface area contributed by atoms with E-state index in [1.807, 2.05) is 0 Å². The van der Waals surface area contributed by atoms with E-state index < -0.39 is 62.2 Å². The molecule has 0 saturated carbocycles. The largest absolute Gasteiger partial charge is 0.433 e. The fourth-order valence-corrected chi connectivity index (χ4v) is 2.71. The van der Waals surface area contributed by atoms with Crippen LogP contribution < -0.4 is 5.56 Å². The van der Waals surface area contributed by atoms with E-state index in [2.05, 4.69) is 4.98 Å². The van der Waals surface area contributed by atoms with Crippen molar-refractivity contribution in [2.75, 3.05) is 0 Å². The minimum Gasteiger partial charge on any atom is -0.388 e. The summed E-state index contributed by atoms with van der Waals surface area (Å²) < 4.78 is 78.3. The molecule has 0 aliphatic rings. The number of benzene rings is 1. The summed E-state index contributed by atoms with van der Waals surface area (Å²) in [5, 5.41) is 19.4. The van der Waals surface area contributed by atoms with Gasteiger partial charge in [0.2, 0.25) is 0 Å². The van der Waals surface area contributed by atoms with Gasteiger partial charge in [0.1, 0.15) is 6.33 Å². The quantitative estimate of drug-likeness (QED) is 0.452. The van der Waals surface area contributed by atoms with E-state index in [1.165, 1.54) is 0 Å². The zero-order valence-corrected chi connectivity index (χ0v) is 14.2. The first-order chi connectivity index (χ1) is 12.7. The number of alkyl halides is 6. The van der Waals surface area contributed by atoms with E-state index in [0.717, 1.165) is 6.92 Å². The lowest BCUT2D eigenvalue weighted by atomic mass is 10.1. The number of aliphatic hydroxyl groups is 1. The number of nitro benzene ring substituents is 1. The summed E-state index contributed by atoms with van der Waals surface area (Å²) in [6.45, 7) is 0.847. The molecule has 0 amide bonds. The van der Waals surface area contributed by atoms with Crippen molar-refractivity contribution in [3.05, 3.63) is 60.8 Å². The van der Waals surface area contributed by atoms with Crippen molar-refractivity contribution in [2.45, 2.75) is 25.4 Å². The van der Waals surface area contributed by atoms with Gasteiger partial charge in [-0.25, -0.2) is 4.98 Å². The van der Waals surface area contributed by atoms with Crippen LogP contribution in [0.2, 0.25) is 5.02 Å². The molecule has 14 heteroatoms. The lowest BCUT2D eigenvalue weighted by Crippen LogP contribution is -2.29. The summed E-state index contributed by atoms with van der Waals surface area (Å²) in [6, 6.07) is 0.830. The number of rotatable bonds is 3. The van der Waals surface area contributed by atoms with Crippen LogP contribution in [0.25, 0.3) is 5.69 Å². The molecule has 0 fully saturated rings. The molecule has 2 aromatic rings. The molecule has 0 spiro atoms. The van der Waals surface area contributed by atoms with Crippen LogP contribution in [0.3, 0.4) is 0 Å².